The number of rotatable bonds is 2. The molecular formula is C11H14N2O3P+. The Hall–Kier alpha value is -1.29. The molecule has 1 N–H and O–H groups in total. The van der Waals surface area contributed by atoms with Crippen molar-refractivity contribution in [2.24, 2.45) is 7.05 Å². The fraction of sp³-hybridized carbons (Fsp3) is 0.273. The van der Waals surface area contributed by atoms with Crippen LogP contribution in [0.2, 0.25) is 0 Å². The van der Waals surface area contributed by atoms with Crippen molar-refractivity contribution < 1.29 is 18.7 Å². The van der Waals surface area contributed by atoms with Crippen molar-refractivity contribution in [3.8, 4) is 0 Å². The fourth-order valence-electron chi connectivity index (χ4n) is 1.76. The van der Waals surface area contributed by atoms with Crippen LogP contribution in [0.15, 0.2) is 24.4 Å². The van der Waals surface area contributed by atoms with Crippen LogP contribution in [-0.4, -0.2) is 17.1 Å². The average Bonchev–Trinajstić information content (AvgIpc) is 2.29. The number of hydrogen-bond donors (Lipinski definition) is 1. The molecule has 1 atom stereocenters. The maximum absolute atomic E-state index is 12.0. The zero-order chi connectivity index (χ0) is 12.6. The quantitative estimate of drug-likeness (QED) is 0.636. The van der Waals surface area contributed by atoms with Gasteiger partial charge in [0.25, 0.3) is 0 Å². The van der Waals surface area contributed by atoms with E-state index in [1.165, 1.54) is 18.0 Å². The highest BCUT2D eigenvalue weighted by molar-refractivity contribution is 7.61. The van der Waals surface area contributed by atoms with Crippen molar-refractivity contribution in [2.75, 3.05) is 7.11 Å². The number of fused-ring (bicyclic) bond motifs is 1. The summed E-state index contributed by atoms with van der Waals surface area (Å²) in [6.45, 7) is 1.91. The fourth-order valence-corrected chi connectivity index (χ4v) is 2.75. The lowest BCUT2D eigenvalue weighted by Crippen LogP contribution is -2.36. The van der Waals surface area contributed by atoms with Crippen LogP contribution in [0.3, 0.4) is 0 Å². The zero-order valence-corrected chi connectivity index (χ0v) is 10.8. The number of hydrogen-bond acceptors (Lipinski definition) is 3. The normalized spacial score (nSPS) is 14.8. The molecule has 2 rings (SSSR count). The molecule has 90 valence electrons. The Bertz CT molecular complexity index is 627. The molecule has 0 amide bonds. The van der Waals surface area contributed by atoms with Crippen LogP contribution in [0.1, 0.15) is 5.56 Å². The minimum Gasteiger partial charge on any atom is -0.321 e. The summed E-state index contributed by atoms with van der Waals surface area (Å²) in [6.07, 6.45) is 1.52. The van der Waals surface area contributed by atoms with E-state index in [-0.39, 0.29) is 5.30 Å². The minimum absolute atomic E-state index is 0.274. The summed E-state index contributed by atoms with van der Waals surface area (Å²) in [5, 5.41) is 5.24. The minimum atomic E-state index is -3.78. The van der Waals surface area contributed by atoms with Crippen molar-refractivity contribution in [2.45, 2.75) is 6.92 Å². The summed E-state index contributed by atoms with van der Waals surface area (Å²) in [7, 11) is -0.841. The molecule has 1 unspecified atom stereocenters. The Morgan fingerprint density at radius 3 is 2.82 bits per heavy atom. The second-order valence-corrected chi connectivity index (χ2v) is 5.75. The van der Waals surface area contributed by atoms with Gasteiger partial charge in [-0.2, -0.15) is 0 Å². The van der Waals surface area contributed by atoms with Gasteiger partial charge in [0.05, 0.1) is 0 Å². The molecule has 1 heterocycles. The van der Waals surface area contributed by atoms with E-state index in [1.807, 2.05) is 19.1 Å². The molecule has 17 heavy (non-hydrogen) atoms. The topological polar surface area (TPSA) is 63.3 Å². The lowest BCUT2D eigenvalue weighted by Gasteiger charge is -2.09. The first-order chi connectivity index (χ1) is 7.95. The van der Waals surface area contributed by atoms with Crippen LogP contribution in [-0.2, 0) is 16.1 Å². The van der Waals surface area contributed by atoms with Gasteiger partial charge in [-0.1, -0.05) is 22.9 Å². The zero-order valence-electron chi connectivity index (χ0n) is 9.91. The van der Waals surface area contributed by atoms with Crippen LogP contribution >= 0.6 is 7.60 Å². The van der Waals surface area contributed by atoms with Gasteiger partial charge in [0.2, 0.25) is 6.20 Å². The molecule has 5 nitrogen and oxygen atoms in total. The summed E-state index contributed by atoms with van der Waals surface area (Å²) in [5.41, 5.74) is 1.66. The summed E-state index contributed by atoms with van der Waals surface area (Å²) in [5.74, 6) is 0. The molecular weight excluding hydrogens is 239 g/mol. The largest absolute Gasteiger partial charge is 0.365 e. The predicted octanol–water partition coefficient (Wildman–Crippen LogP) is 0.825. The summed E-state index contributed by atoms with van der Waals surface area (Å²) >= 11 is 0. The smallest absolute Gasteiger partial charge is 0.321 e. The molecule has 0 spiro atoms. The molecule has 2 aromatic rings. The SMILES string of the molecule is COP(=O)(O)c1c[n+](C)nc2c(C)cccc12. The van der Waals surface area contributed by atoms with E-state index in [1.54, 1.807) is 13.1 Å². The van der Waals surface area contributed by atoms with E-state index in [4.69, 9.17) is 4.52 Å². The molecule has 1 aromatic carbocycles. The standard InChI is InChI=1S/C11H13N2O3P/c1-8-5-4-6-9-10(17(14,15)16-3)7-13(2)12-11(8)9/h4-7H,1-3H3/p+1. The van der Waals surface area contributed by atoms with E-state index in [2.05, 4.69) is 5.10 Å². The molecule has 0 radical (unpaired) electrons. The van der Waals surface area contributed by atoms with Crippen molar-refractivity contribution in [3.05, 3.63) is 30.0 Å². The van der Waals surface area contributed by atoms with Gasteiger partial charge in [0.15, 0.2) is 7.05 Å². The molecule has 0 fully saturated rings. The molecule has 0 bridgehead atoms. The van der Waals surface area contributed by atoms with Crippen molar-refractivity contribution in [3.63, 3.8) is 0 Å². The van der Waals surface area contributed by atoms with Gasteiger partial charge in [-0.25, -0.2) is 0 Å². The average molecular weight is 253 g/mol. The third-order valence-corrected chi connectivity index (χ3v) is 4.09. The number of aromatic nitrogens is 2. The van der Waals surface area contributed by atoms with Gasteiger partial charge < -0.3 is 9.42 Å². The highest BCUT2D eigenvalue weighted by Gasteiger charge is 2.28. The summed E-state index contributed by atoms with van der Waals surface area (Å²) < 4.78 is 18.2. The third kappa shape index (κ3) is 2.09. The maximum atomic E-state index is 12.0. The van der Waals surface area contributed by atoms with Crippen LogP contribution in [0.5, 0.6) is 0 Å². The van der Waals surface area contributed by atoms with Crippen LogP contribution in [0, 0.1) is 6.92 Å². The van der Waals surface area contributed by atoms with E-state index < -0.39 is 7.60 Å². The van der Waals surface area contributed by atoms with Crippen molar-refractivity contribution in [1.29, 1.82) is 0 Å². The first-order valence-electron chi connectivity index (χ1n) is 5.11. The highest BCUT2D eigenvalue weighted by Crippen LogP contribution is 2.41. The van der Waals surface area contributed by atoms with Crippen LogP contribution < -0.4 is 9.99 Å². The van der Waals surface area contributed by atoms with Gasteiger partial charge in [0, 0.05) is 17.6 Å². The van der Waals surface area contributed by atoms with Crippen molar-refractivity contribution >= 4 is 23.8 Å². The summed E-state index contributed by atoms with van der Waals surface area (Å²) in [6, 6.07) is 5.51. The Morgan fingerprint density at radius 1 is 1.47 bits per heavy atom. The first kappa shape index (κ1) is 12.2. The van der Waals surface area contributed by atoms with E-state index in [0.717, 1.165) is 5.56 Å². The second-order valence-electron chi connectivity index (χ2n) is 3.86. The van der Waals surface area contributed by atoms with E-state index in [0.29, 0.717) is 10.9 Å². The molecule has 0 aliphatic heterocycles. The predicted molar refractivity (Wildman–Crippen MR) is 64.1 cm³/mol. The van der Waals surface area contributed by atoms with Gasteiger partial charge in [-0.05, 0) is 12.5 Å². The Labute approximate surface area is 99.2 Å². The Morgan fingerprint density at radius 2 is 2.18 bits per heavy atom. The molecule has 1 aromatic heterocycles. The number of benzene rings is 1. The summed E-state index contributed by atoms with van der Waals surface area (Å²) in [4.78, 5) is 9.80. The Kier molecular flexibility index (Phi) is 3.00. The highest BCUT2D eigenvalue weighted by atomic mass is 31.2. The lowest BCUT2D eigenvalue weighted by molar-refractivity contribution is -0.727. The molecule has 0 saturated carbocycles. The number of aryl methyl sites for hydroxylation is 2. The second kappa shape index (κ2) is 4.18. The van der Waals surface area contributed by atoms with Gasteiger partial charge in [0.1, 0.15) is 10.8 Å². The molecule has 6 heteroatoms. The molecule has 0 aliphatic carbocycles. The van der Waals surface area contributed by atoms with Gasteiger partial charge >= 0.3 is 7.60 Å². The first-order valence-corrected chi connectivity index (χ1v) is 6.69. The van der Waals surface area contributed by atoms with Gasteiger partial charge in [-0.3, -0.25) is 4.57 Å². The van der Waals surface area contributed by atoms with Crippen molar-refractivity contribution in [1.82, 2.24) is 5.10 Å². The third-order valence-electron chi connectivity index (χ3n) is 2.63. The lowest BCUT2D eigenvalue weighted by atomic mass is 10.1. The van der Waals surface area contributed by atoms with Crippen LogP contribution in [0.25, 0.3) is 10.9 Å². The van der Waals surface area contributed by atoms with Gasteiger partial charge in [-0.15, -0.1) is 0 Å². The Balaban J connectivity index is 2.89. The number of nitrogens with zero attached hydrogens (tertiary/aromatic N) is 2. The monoisotopic (exact) mass is 253 g/mol. The van der Waals surface area contributed by atoms with Crippen LogP contribution in [0.4, 0.5) is 0 Å². The maximum Gasteiger partial charge on any atom is 0.365 e. The van der Waals surface area contributed by atoms with E-state index >= 15 is 0 Å². The molecule has 0 saturated heterocycles. The van der Waals surface area contributed by atoms with E-state index in [9.17, 15) is 9.46 Å². The molecule has 0 aliphatic rings.